The summed E-state index contributed by atoms with van der Waals surface area (Å²) in [5.74, 6) is 0.332. The number of ketones is 2. The molecule has 0 unspecified atom stereocenters. The maximum atomic E-state index is 11.3. The molecule has 0 aromatic rings. The molecule has 0 radical (unpaired) electrons. The lowest BCUT2D eigenvalue weighted by molar-refractivity contribution is -0.123. The molecule has 0 atom stereocenters. The van der Waals surface area contributed by atoms with Gasteiger partial charge in [0.15, 0.2) is 0 Å². The molecule has 0 aromatic heterocycles. The van der Waals surface area contributed by atoms with Crippen molar-refractivity contribution in [3.05, 3.63) is 0 Å². The van der Waals surface area contributed by atoms with Gasteiger partial charge in [-0.05, 0) is 25.2 Å². The first-order valence-electron chi connectivity index (χ1n) is 5.32. The Hall–Kier alpha value is -0.660. The van der Waals surface area contributed by atoms with Crippen LogP contribution in [-0.2, 0) is 9.59 Å². The van der Waals surface area contributed by atoms with Gasteiger partial charge in [-0.3, -0.25) is 4.79 Å². The molecule has 2 heteroatoms. The zero-order chi connectivity index (χ0) is 11.2. The Bertz CT molecular complexity index is 199. The molecule has 0 N–H and O–H groups in total. The third-order valence-corrected chi connectivity index (χ3v) is 2.14. The van der Waals surface area contributed by atoms with Crippen LogP contribution >= 0.6 is 0 Å². The summed E-state index contributed by atoms with van der Waals surface area (Å²) in [5, 5.41) is 0. The van der Waals surface area contributed by atoms with Crippen molar-refractivity contribution in [1.82, 2.24) is 0 Å². The van der Waals surface area contributed by atoms with Crippen LogP contribution in [0.25, 0.3) is 0 Å². The highest BCUT2D eigenvalue weighted by atomic mass is 16.1. The second-order valence-corrected chi connectivity index (χ2v) is 5.15. The lowest BCUT2D eigenvalue weighted by Gasteiger charge is -2.17. The summed E-state index contributed by atoms with van der Waals surface area (Å²) in [5.41, 5.74) is 0.306. The van der Waals surface area contributed by atoms with E-state index in [9.17, 15) is 9.59 Å². The predicted octanol–water partition coefficient (Wildman–Crippen LogP) is 3.14. The van der Waals surface area contributed by atoms with E-state index in [4.69, 9.17) is 0 Å². The molecule has 0 aliphatic heterocycles. The fourth-order valence-corrected chi connectivity index (χ4v) is 1.26. The molecule has 0 saturated carbocycles. The van der Waals surface area contributed by atoms with Gasteiger partial charge in [0.05, 0.1) is 0 Å². The molecule has 82 valence electrons. The summed E-state index contributed by atoms with van der Waals surface area (Å²) in [6, 6.07) is 0. The Labute approximate surface area is 87.1 Å². The molecule has 0 spiro atoms. The van der Waals surface area contributed by atoms with Crippen molar-refractivity contribution in [1.29, 1.82) is 0 Å². The second-order valence-electron chi connectivity index (χ2n) is 5.15. The summed E-state index contributed by atoms with van der Waals surface area (Å²) >= 11 is 0. The summed E-state index contributed by atoms with van der Waals surface area (Å²) in [6.45, 7) is 8.05. The van der Waals surface area contributed by atoms with Crippen molar-refractivity contribution in [3.8, 4) is 0 Å². The van der Waals surface area contributed by atoms with Crippen LogP contribution in [0.4, 0.5) is 0 Å². The molecule has 0 heterocycles. The van der Waals surface area contributed by atoms with E-state index in [0.717, 1.165) is 12.8 Å². The molecule has 0 rings (SSSR count). The standard InChI is InChI=1S/C12H22O2/c1-10(13)7-8-11(14)6-5-9-12(2,3)4/h5-9H2,1-4H3. The smallest absolute Gasteiger partial charge is 0.133 e. The van der Waals surface area contributed by atoms with Crippen molar-refractivity contribution < 1.29 is 9.59 Å². The lowest BCUT2D eigenvalue weighted by Crippen LogP contribution is -2.07. The van der Waals surface area contributed by atoms with Crippen LogP contribution in [-0.4, -0.2) is 11.6 Å². The normalized spacial score (nSPS) is 11.4. The number of hydrogen-bond donors (Lipinski definition) is 0. The maximum Gasteiger partial charge on any atom is 0.133 e. The fraction of sp³-hybridized carbons (Fsp3) is 0.833. The summed E-state index contributed by atoms with van der Waals surface area (Å²) in [7, 11) is 0. The molecule has 0 saturated heterocycles. The number of Topliss-reactive ketones (excluding diaryl/α,β-unsaturated/α-hetero) is 2. The molecule has 0 aliphatic carbocycles. The van der Waals surface area contributed by atoms with Crippen LogP contribution in [0.2, 0.25) is 0 Å². The van der Waals surface area contributed by atoms with Crippen LogP contribution in [0.5, 0.6) is 0 Å². The van der Waals surface area contributed by atoms with Gasteiger partial charge < -0.3 is 4.79 Å². The van der Waals surface area contributed by atoms with E-state index in [-0.39, 0.29) is 11.6 Å². The van der Waals surface area contributed by atoms with Crippen molar-refractivity contribution in [2.24, 2.45) is 5.41 Å². The number of hydrogen-bond acceptors (Lipinski definition) is 2. The van der Waals surface area contributed by atoms with E-state index in [2.05, 4.69) is 20.8 Å². The summed E-state index contributed by atoms with van der Waals surface area (Å²) < 4.78 is 0. The molecule has 0 fully saturated rings. The third-order valence-electron chi connectivity index (χ3n) is 2.14. The van der Waals surface area contributed by atoms with Crippen molar-refractivity contribution in [2.45, 2.75) is 59.8 Å². The van der Waals surface area contributed by atoms with Gasteiger partial charge in [0.1, 0.15) is 11.6 Å². The van der Waals surface area contributed by atoms with Gasteiger partial charge in [-0.15, -0.1) is 0 Å². The molecule has 2 nitrogen and oxygen atoms in total. The van der Waals surface area contributed by atoms with E-state index in [1.54, 1.807) is 0 Å². The molecule has 0 bridgehead atoms. The van der Waals surface area contributed by atoms with E-state index >= 15 is 0 Å². The fourth-order valence-electron chi connectivity index (χ4n) is 1.26. The number of rotatable bonds is 6. The topological polar surface area (TPSA) is 34.1 Å². The second kappa shape index (κ2) is 5.94. The summed E-state index contributed by atoms with van der Waals surface area (Å²) in [6.07, 6.45) is 3.48. The molecule has 0 amide bonds. The summed E-state index contributed by atoms with van der Waals surface area (Å²) in [4.78, 5) is 21.9. The molecular formula is C12H22O2. The van der Waals surface area contributed by atoms with E-state index in [0.29, 0.717) is 24.7 Å². The van der Waals surface area contributed by atoms with Gasteiger partial charge in [0.2, 0.25) is 0 Å². The Morgan fingerprint density at radius 1 is 1.00 bits per heavy atom. The van der Waals surface area contributed by atoms with Crippen molar-refractivity contribution >= 4 is 11.6 Å². The van der Waals surface area contributed by atoms with Crippen LogP contribution < -0.4 is 0 Å². The number of carbonyl (C=O) groups excluding carboxylic acids is 2. The minimum absolute atomic E-state index is 0.106. The monoisotopic (exact) mass is 198 g/mol. The van der Waals surface area contributed by atoms with E-state index in [1.807, 2.05) is 0 Å². The zero-order valence-electron chi connectivity index (χ0n) is 9.85. The van der Waals surface area contributed by atoms with E-state index in [1.165, 1.54) is 6.92 Å². The first-order chi connectivity index (χ1) is 6.31. The Kier molecular flexibility index (Phi) is 5.66. The predicted molar refractivity (Wildman–Crippen MR) is 58.2 cm³/mol. The van der Waals surface area contributed by atoms with Crippen molar-refractivity contribution in [3.63, 3.8) is 0 Å². The van der Waals surface area contributed by atoms with Crippen LogP contribution in [0.1, 0.15) is 59.8 Å². The minimum Gasteiger partial charge on any atom is -0.300 e. The first kappa shape index (κ1) is 13.3. The highest BCUT2D eigenvalue weighted by Gasteiger charge is 2.11. The van der Waals surface area contributed by atoms with Crippen LogP contribution in [0.15, 0.2) is 0 Å². The van der Waals surface area contributed by atoms with Crippen LogP contribution in [0.3, 0.4) is 0 Å². The molecule has 0 aromatic carbocycles. The van der Waals surface area contributed by atoms with Crippen LogP contribution in [0, 0.1) is 5.41 Å². The Morgan fingerprint density at radius 2 is 1.57 bits per heavy atom. The van der Waals surface area contributed by atoms with Gasteiger partial charge in [-0.1, -0.05) is 20.8 Å². The molecule has 14 heavy (non-hydrogen) atoms. The maximum absolute atomic E-state index is 11.3. The average Bonchev–Trinajstić information content (AvgIpc) is 1.98. The molecule has 0 aliphatic rings. The minimum atomic E-state index is 0.106. The Morgan fingerprint density at radius 3 is 2.00 bits per heavy atom. The SMILES string of the molecule is CC(=O)CCC(=O)CCCC(C)(C)C. The third kappa shape index (κ3) is 9.43. The highest BCUT2D eigenvalue weighted by molar-refractivity contribution is 5.84. The Balaban J connectivity index is 3.50. The largest absolute Gasteiger partial charge is 0.300 e. The zero-order valence-corrected chi connectivity index (χ0v) is 9.85. The lowest BCUT2D eigenvalue weighted by atomic mass is 9.89. The first-order valence-corrected chi connectivity index (χ1v) is 5.32. The quantitative estimate of drug-likeness (QED) is 0.657. The highest BCUT2D eigenvalue weighted by Crippen LogP contribution is 2.21. The molecular weight excluding hydrogens is 176 g/mol. The van der Waals surface area contributed by atoms with E-state index < -0.39 is 0 Å². The van der Waals surface area contributed by atoms with Gasteiger partial charge in [-0.25, -0.2) is 0 Å². The average molecular weight is 198 g/mol. The number of carbonyl (C=O) groups is 2. The van der Waals surface area contributed by atoms with Crippen molar-refractivity contribution in [2.75, 3.05) is 0 Å². The van der Waals surface area contributed by atoms with Gasteiger partial charge in [-0.2, -0.15) is 0 Å². The van der Waals surface area contributed by atoms with Gasteiger partial charge >= 0.3 is 0 Å². The van der Waals surface area contributed by atoms with Gasteiger partial charge in [0, 0.05) is 19.3 Å². The van der Waals surface area contributed by atoms with Gasteiger partial charge in [0.25, 0.3) is 0 Å².